The number of hydrogen-bond donors (Lipinski definition) is 1. The van der Waals surface area contributed by atoms with Gasteiger partial charge in [0, 0.05) is 11.3 Å². The number of amides is 1. The highest BCUT2D eigenvalue weighted by Gasteiger charge is 2.46. The Balaban J connectivity index is 1.92. The molecule has 0 bridgehead atoms. The van der Waals surface area contributed by atoms with Crippen LogP contribution in [0.25, 0.3) is 5.76 Å². The number of carbonyl (C=O) groups is 2. The first kappa shape index (κ1) is 20.3. The van der Waals surface area contributed by atoms with E-state index < -0.39 is 23.5 Å². The van der Waals surface area contributed by atoms with Crippen LogP contribution in [-0.2, 0) is 9.59 Å². The number of rotatable bonds is 4. The van der Waals surface area contributed by atoms with Crippen LogP contribution >= 0.6 is 0 Å². The summed E-state index contributed by atoms with van der Waals surface area (Å²) >= 11 is 0. The zero-order valence-corrected chi connectivity index (χ0v) is 17.0. The van der Waals surface area contributed by atoms with Crippen molar-refractivity contribution in [3.05, 3.63) is 101 Å². The Morgan fingerprint density at radius 1 is 1.00 bits per heavy atom. The lowest BCUT2D eigenvalue weighted by atomic mass is 9.95. The molecule has 0 aliphatic carbocycles. The smallest absolute Gasteiger partial charge is 0.300 e. The van der Waals surface area contributed by atoms with Crippen molar-refractivity contribution in [1.82, 2.24) is 0 Å². The standard InChI is InChI=1S/C25H20FNO4/c1-15-4-3-5-19(14-15)27-22(16-6-10-18(26)11-7-16)21(24(29)25(27)30)23(28)17-8-12-20(31-2)13-9-17/h3-14,22,28H,1-2H3/b23-21+. The maximum atomic E-state index is 13.6. The van der Waals surface area contributed by atoms with Gasteiger partial charge in [-0.05, 0) is 66.6 Å². The predicted molar refractivity (Wildman–Crippen MR) is 115 cm³/mol. The number of aryl methyl sites for hydroxylation is 1. The molecular weight excluding hydrogens is 397 g/mol. The summed E-state index contributed by atoms with van der Waals surface area (Å²) in [5.74, 6) is -1.71. The van der Waals surface area contributed by atoms with Crippen LogP contribution in [0.1, 0.15) is 22.7 Å². The molecule has 1 N–H and O–H groups in total. The zero-order valence-electron chi connectivity index (χ0n) is 17.0. The minimum Gasteiger partial charge on any atom is -0.507 e. The van der Waals surface area contributed by atoms with Crippen LogP contribution in [-0.4, -0.2) is 23.9 Å². The number of aliphatic hydroxyl groups excluding tert-OH is 1. The predicted octanol–water partition coefficient (Wildman–Crippen LogP) is 4.77. The molecule has 0 saturated carbocycles. The summed E-state index contributed by atoms with van der Waals surface area (Å²) in [5.41, 5.74) is 2.26. The molecule has 1 aliphatic rings. The van der Waals surface area contributed by atoms with Gasteiger partial charge in [0.25, 0.3) is 11.7 Å². The van der Waals surface area contributed by atoms with Crippen LogP contribution in [0.2, 0.25) is 0 Å². The molecule has 5 nitrogen and oxygen atoms in total. The molecule has 0 aromatic heterocycles. The second-order valence-electron chi connectivity index (χ2n) is 7.29. The Bertz CT molecular complexity index is 1180. The van der Waals surface area contributed by atoms with Crippen molar-refractivity contribution in [3.63, 3.8) is 0 Å². The van der Waals surface area contributed by atoms with Gasteiger partial charge in [0.05, 0.1) is 18.7 Å². The normalized spacial score (nSPS) is 17.8. The summed E-state index contributed by atoms with van der Waals surface area (Å²) in [6.45, 7) is 1.88. The molecule has 1 fully saturated rings. The van der Waals surface area contributed by atoms with Gasteiger partial charge in [0.1, 0.15) is 17.3 Å². The molecule has 1 amide bonds. The van der Waals surface area contributed by atoms with Crippen LogP contribution in [0.4, 0.5) is 10.1 Å². The number of nitrogens with zero attached hydrogens (tertiary/aromatic N) is 1. The summed E-state index contributed by atoms with van der Waals surface area (Å²) in [7, 11) is 1.52. The quantitative estimate of drug-likeness (QED) is 0.377. The van der Waals surface area contributed by atoms with Gasteiger partial charge >= 0.3 is 0 Å². The maximum Gasteiger partial charge on any atom is 0.300 e. The third-order valence-corrected chi connectivity index (χ3v) is 5.27. The highest BCUT2D eigenvalue weighted by Crippen LogP contribution is 2.42. The molecule has 0 spiro atoms. The molecule has 6 heteroatoms. The Morgan fingerprint density at radius 2 is 1.68 bits per heavy atom. The molecule has 1 heterocycles. The lowest BCUT2D eigenvalue weighted by molar-refractivity contribution is -0.132. The van der Waals surface area contributed by atoms with Crippen molar-refractivity contribution in [1.29, 1.82) is 0 Å². The summed E-state index contributed by atoms with van der Waals surface area (Å²) in [6, 6.07) is 18.3. The molecule has 3 aromatic rings. The number of aliphatic hydroxyl groups is 1. The molecule has 1 unspecified atom stereocenters. The monoisotopic (exact) mass is 417 g/mol. The summed E-state index contributed by atoms with van der Waals surface area (Å²) in [4.78, 5) is 27.5. The van der Waals surface area contributed by atoms with E-state index in [0.29, 0.717) is 22.6 Å². The second-order valence-corrected chi connectivity index (χ2v) is 7.29. The number of benzene rings is 3. The van der Waals surface area contributed by atoms with Crippen molar-refractivity contribution in [2.75, 3.05) is 12.0 Å². The molecule has 1 saturated heterocycles. The summed E-state index contributed by atoms with van der Waals surface area (Å²) in [6.07, 6.45) is 0. The number of carbonyl (C=O) groups excluding carboxylic acids is 2. The van der Waals surface area contributed by atoms with Gasteiger partial charge in [-0.15, -0.1) is 0 Å². The first-order chi connectivity index (χ1) is 14.9. The third kappa shape index (κ3) is 3.68. The van der Waals surface area contributed by atoms with E-state index in [4.69, 9.17) is 4.74 Å². The number of ketones is 1. The lowest BCUT2D eigenvalue weighted by Gasteiger charge is -2.25. The highest BCUT2D eigenvalue weighted by atomic mass is 19.1. The molecule has 31 heavy (non-hydrogen) atoms. The molecule has 0 radical (unpaired) electrons. The van der Waals surface area contributed by atoms with Crippen molar-refractivity contribution >= 4 is 23.1 Å². The molecule has 4 rings (SSSR count). The molecular formula is C25H20FNO4. The Hall–Kier alpha value is -3.93. The Kier molecular flexibility index (Phi) is 5.29. The number of ether oxygens (including phenoxy) is 1. The van der Waals surface area contributed by atoms with E-state index in [9.17, 15) is 19.1 Å². The number of anilines is 1. The number of Topliss-reactive ketones (excluding diaryl/α,β-unsaturated/α-hetero) is 1. The summed E-state index contributed by atoms with van der Waals surface area (Å²) in [5, 5.41) is 11.0. The first-order valence-corrected chi connectivity index (χ1v) is 9.68. The molecule has 1 aliphatic heterocycles. The maximum absolute atomic E-state index is 13.6. The largest absolute Gasteiger partial charge is 0.507 e. The third-order valence-electron chi connectivity index (χ3n) is 5.27. The van der Waals surface area contributed by atoms with E-state index in [1.165, 1.54) is 36.3 Å². The lowest BCUT2D eigenvalue weighted by Crippen LogP contribution is -2.29. The van der Waals surface area contributed by atoms with Crippen molar-refractivity contribution in [3.8, 4) is 5.75 Å². The van der Waals surface area contributed by atoms with Crippen molar-refractivity contribution < 1.29 is 23.8 Å². The van der Waals surface area contributed by atoms with E-state index in [1.807, 2.05) is 13.0 Å². The van der Waals surface area contributed by atoms with E-state index >= 15 is 0 Å². The van der Waals surface area contributed by atoms with Crippen LogP contribution in [0, 0.1) is 12.7 Å². The zero-order chi connectivity index (χ0) is 22.1. The second kappa shape index (κ2) is 8.07. The van der Waals surface area contributed by atoms with E-state index in [0.717, 1.165) is 5.56 Å². The fraction of sp³-hybridized carbons (Fsp3) is 0.120. The topological polar surface area (TPSA) is 66.8 Å². The van der Waals surface area contributed by atoms with Crippen LogP contribution in [0.15, 0.2) is 78.4 Å². The highest BCUT2D eigenvalue weighted by molar-refractivity contribution is 6.51. The SMILES string of the molecule is COc1ccc(/C(O)=C2\C(=O)C(=O)N(c3cccc(C)c3)C2c2ccc(F)cc2)cc1. The van der Waals surface area contributed by atoms with Gasteiger partial charge in [-0.3, -0.25) is 14.5 Å². The van der Waals surface area contributed by atoms with Crippen LogP contribution in [0.5, 0.6) is 5.75 Å². The molecule has 3 aromatic carbocycles. The Labute approximate surface area is 179 Å². The van der Waals surface area contributed by atoms with Gasteiger partial charge in [-0.1, -0.05) is 24.3 Å². The first-order valence-electron chi connectivity index (χ1n) is 9.68. The average Bonchev–Trinajstić information content (AvgIpc) is 3.04. The number of methoxy groups -OCH3 is 1. The van der Waals surface area contributed by atoms with Gasteiger partial charge in [0.15, 0.2) is 0 Å². The number of hydrogen-bond acceptors (Lipinski definition) is 4. The van der Waals surface area contributed by atoms with Crippen molar-refractivity contribution in [2.45, 2.75) is 13.0 Å². The van der Waals surface area contributed by atoms with Crippen molar-refractivity contribution in [2.24, 2.45) is 0 Å². The minimum absolute atomic E-state index is 0.0525. The van der Waals surface area contributed by atoms with Gasteiger partial charge < -0.3 is 9.84 Å². The average molecular weight is 417 g/mol. The fourth-order valence-corrected chi connectivity index (χ4v) is 3.74. The fourth-order valence-electron chi connectivity index (χ4n) is 3.74. The van der Waals surface area contributed by atoms with Crippen LogP contribution < -0.4 is 9.64 Å². The van der Waals surface area contributed by atoms with Gasteiger partial charge in [-0.2, -0.15) is 0 Å². The van der Waals surface area contributed by atoms with E-state index in [-0.39, 0.29) is 11.3 Å². The molecule has 1 atom stereocenters. The minimum atomic E-state index is -0.899. The van der Waals surface area contributed by atoms with E-state index in [1.54, 1.807) is 42.5 Å². The number of halogens is 1. The van der Waals surface area contributed by atoms with Gasteiger partial charge in [0.2, 0.25) is 0 Å². The summed E-state index contributed by atoms with van der Waals surface area (Å²) < 4.78 is 18.7. The van der Waals surface area contributed by atoms with E-state index in [2.05, 4.69) is 0 Å². The van der Waals surface area contributed by atoms with Crippen LogP contribution in [0.3, 0.4) is 0 Å². The van der Waals surface area contributed by atoms with Gasteiger partial charge in [-0.25, -0.2) is 4.39 Å². The molecule has 156 valence electrons. The Morgan fingerprint density at radius 3 is 2.29 bits per heavy atom.